The molecule has 1 N–H and O–H groups in total. The summed E-state index contributed by atoms with van der Waals surface area (Å²) in [6.45, 7) is 3.12. The summed E-state index contributed by atoms with van der Waals surface area (Å²) < 4.78 is 0. The Labute approximate surface area is 96.1 Å². The molecule has 1 heteroatoms. The van der Waals surface area contributed by atoms with Gasteiger partial charge in [-0.15, -0.1) is 0 Å². The average molecular weight is 209 g/mol. The summed E-state index contributed by atoms with van der Waals surface area (Å²) in [5.41, 5.74) is 6.98. The van der Waals surface area contributed by atoms with Crippen molar-refractivity contribution in [2.75, 3.05) is 11.9 Å². The lowest BCUT2D eigenvalue weighted by atomic mass is 10.1. The van der Waals surface area contributed by atoms with Gasteiger partial charge in [-0.25, -0.2) is 0 Å². The van der Waals surface area contributed by atoms with Crippen molar-refractivity contribution < 1.29 is 0 Å². The van der Waals surface area contributed by atoms with E-state index in [1.807, 2.05) is 0 Å². The molecule has 1 aliphatic carbocycles. The van der Waals surface area contributed by atoms with Crippen LogP contribution in [0.25, 0.3) is 11.1 Å². The van der Waals surface area contributed by atoms with E-state index in [1.165, 1.54) is 27.9 Å². The van der Waals surface area contributed by atoms with Crippen molar-refractivity contribution in [2.45, 2.75) is 13.3 Å². The van der Waals surface area contributed by atoms with E-state index in [0.29, 0.717) is 0 Å². The number of hydrogen-bond donors (Lipinski definition) is 1. The van der Waals surface area contributed by atoms with Crippen molar-refractivity contribution in [3.63, 3.8) is 0 Å². The van der Waals surface area contributed by atoms with Crippen LogP contribution in [-0.4, -0.2) is 6.54 Å². The van der Waals surface area contributed by atoms with Crippen LogP contribution in [0.3, 0.4) is 0 Å². The highest BCUT2D eigenvalue weighted by atomic mass is 14.9. The van der Waals surface area contributed by atoms with Crippen molar-refractivity contribution in [3.05, 3.63) is 53.6 Å². The molecule has 1 aliphatic rings. The molecule has 0 fully saturated rings. The Morgan fingerprint density at radius 2 is 1.81 bits per heavy atom. The lowest BCUT2D eigenvalue weighted by molar-refractivity contribution is 1.18. The van der Waals surface area contributed by atoms with E-state index in [1.54, 1.807) is 0 Å². The van der Waals surface area contributed by atoms with Crippen LogP contribution >= 0.6 is 0 Å². The molecule has 0 spiro atoms. The molecule has 0 amide bonds. The molecular weight excluding hydrogens is 194 g/mol. The molecule has 0 saturated carbocycles. The topological polar surface area (TPSA) is 12.0 Å². The molecule has 80 valence electrons. The van der Waals surface area contributed by atoms with Crippen LogP contribution in [0.5, 0.6) is 0 Å². The molecule has 0 aliphatic heterocycles. The summed E-state index contributed by atoms with van der Waals surface area (Å²) >= 11 is 0. The molecule has 2 aromatic rings. The van der Waals surface area contributed by atoms with Crippen molar-refractivity contribution >= 4 is 5.69 Å². The van der Waals surface area contributed by atoms with E-state index in [2.05, 4.69) is 54.7 Å². The maximum absolute atomic E-state index is 3.44. The molecular formula is C15H15N. The van der Waals surface area contributed by atoms with Gasteiger partial charge in [0.1, 0.15) is 0 Å². The number of anilines is 1. The summed E-state index contributed by atoms with van der Waals surface area (Å²) in [6, 6.07) is 15.2. The average Bonchev–Trinajstić information content (AvgIpc) is 2.69. The smallest absolute Gasteiger partial charge is 0.0382 e. The maximum atomic E-state index is 3.44. The summed E-state index contributed by atoms with van der Waals surface area (Å²) in [7, 11) is 0. The molecule has 0 atom stereocenters. The lowest BCUT2D eigenvalue weighted by Crippen LogP contribution is -1.99. The van der Waals surface area contributed by atoms with Gasteiger partial charge in [-0.2, -0.15) is 0 Å². The predicted octanol–water partition coefficient (Wildman–Crippen LogP) is 3.69. The molecule has 1 nitrogen and oxygen atoms in total. The second kappa shape index (κ2) is 3.67. The van der Waals surface area contributed by atoms with E-state index < -0.39 is 0 Å². The molecule has 0 aromatic heterocycles. The third-order valence-electron chi connectivity index (χ3n) is 3.22. The van der Waals surface area contributed by atoms with Gasteiger partial charge in [0.15, 0.2) is 0 Å². The van der Waals surface area contributed by atoms with Gasteiger partial charge >= 0.3 is 0 Å². The molecule has 0 bridgehead atoms. The van der Waals surface area contributed by atoms with Crippen LogP contribution in [0, 0.1) is 0 Å². The van der Waals surface area contributed by atoms with Crippen molar-refractivity contribution in [2.24, 2.45) is 0 Å². The number of benzene rings is 2. The predicted molar refractivity (Wildman–Crippen MR) is 68.8 cm³/mol. The summed E-state index contributed by atoms with van der Waals surface area (Å²) in [6.07, 6.45) is 1.06. The molecule has 0 heterocycles. The highest BCUT2D eigenvalue weighted by molar-refractivity contribution is 5.81. The number of nitrogens with one attached hydrogen (secondary N) is 1. The fourth-order valence-electron chi connectivity index (χ4n) is 2.51. The van der Waals surface area contributed by atoms with Gasteiger partial charge in [-0.05, 0) is 35.2 Å². The zero-order valence-electron chi connectivity index (χ0n) is 9.46. The molecule has 16 heavy (non-hydrogen) atoms. The van der Waals surface area contributed by atoms with Gasteiger partial charge in [0.05, 0.1) is 0 Å². The molecule has 0 radical (unpaired) electrons. The normalized spacial score (nSPS) is 12.1. The SMILES string of the molecule is CCNc1cccc2c1Cc1ccccc1-2. The monoisotopic (exact) mass is 209 g/mol. The highest BCUT2D eigenvalue weighted by Crippen LogP contribution is 2.39. The Bertz CT molecular complexity index is 529. The summed E-state index contributed by atoms with van der Waals surface area (Å²) in [5, 5.41) is 3.44. The summed E-state index contributed by atoms with van der Waals surface area (Å²) in [5.74, 6) is 0. The van der Waals surface area contributed by atoms with Crippen molar-refractivity contribution in [1.29, 1.82) is 0 Å². The van der Waals surface area contributed by atoms with E-state index >= 15 is 0 Å². The first-order valence-electron chi connectivity index (χ1n) is 5.84. The molecule has 2 aromatic carbocycles. The zero-order chi connectivity index (χ0) is 11.0. The number of rotatable bonds is 2. The Hall–Kier alpha value is -1.76. The van der Waals surface area contributed by atoms with Gasteiger partial charge in [0.25, 0.3) is 0 Å². The maximum Gasteiger partial charge on any atom is 0.0382 e. The Morgan fingerprint density at radius 3 is 2.69 bits per heavy atom. The van der Waals surface area contributed by atoms with Crippen LogP contribution in [0.2, 0.25) is 0 Å². The van der Waals surface area contributed by atoms with Gasteiger partial charge < -0.3 is 5.32 Å². The minimum Gasteiger partial charge on any atom is -0.385 e. The first-order chi connectivity index (χ1) is 7.90. The fourth-order valence-corrected chi connectivity index (χ4v) is 2.51. The van der Waals surface area contributed by atoms with Crippen LogP contribution in [0.15, 0.2) is 42.5 Å². The zero-order valence-corrected chi connectivity index (χ0v) is 9.46. The van der Waals surface area contributed by atoms with Crippen molar-refractivity contribution in [3.8, 4) is 11.1 Å². The van der Waals surface area contributed by atoms with Crippen LogP contribution in [0.1, 0.15) is 18.1 Å². The van der Waals surface area contributed by atoms with Gasteiger partial charge in [-0.3, -0.25) is 0 Å². The van der Waals surface area contributed by atoms with Gasteiger partial charge in [0, 0.05) is 18.7 Å². The fraction of sp³-hybridized carbons (Fsp3) is 0.200. The lowest BCUT2D eigenvalue weighted by Gasteiger charge is -2.09. The third-order valence-corrected chi connectivity index (χ3v) is 3.22. The standard InChI is InChI=1S/C15H15N/c1-2-16-15-9-5-8-13-12-7-4-3-6-11(12)10-14(13)15/h3-9,16H,2,10H2,1H3. The van der Waals surface area contributed by atoms with Crippen LogP contribution < -0.4 is 5.32 Å². The molecule has 3 rings (SSSR count). The quantitative estimate of drug-likeness (QED) is 0.678. The second-order valence-corrected chi connectivity index (χ2v) is 4.20. The van der Waals surface area contributed by atoms with E-state index in [9.17, 15) is 0 Å². The third kappa shape index (κ3) is 1.32. The van der Waals surface area contributed by atoms with E-state index in [0.717, 1.165) is 13.0 Å². The van der Waals surface area contributed by atoms with Gasteiger partial charge in [-0.1, -0.05) is 36.4 Å². The minimum absolute atomic E-state index is 0.979. The number of hydrogen-bond acceptors (Lipinski definition) is 1. The Morgan fingerprint density at radius 1 is 1.00 bits per heavy atom. The second-order valence-electron chi connectivity index (χ2n) is 4.20. The Balaban J connectivity index is 2.16. The minimum atomic E-state index is 0.979. The first-order valence-corrected chi connectivity index (χ1v) is 5.84. The van der Waals surface area contributed by atoms with E-state index in [-0.39, 0.29) is 0 Å². The van der Waals surface area contributed by atoms with Crippen LogP contribution in [0.4, 0.5) is 5.69 Å². The highest BCUT2D eigenvalue weighted by Gasteiger charge is 2.19. The van der Waals surface area contributed by atoms with Gasteiger partial charge in [0.2, 0.25) is 0 Å². The summed E-state index contributed by atoms with van der Waals surface area (Å²) in [4.78, 5) is 0. The van der Waals surface area contributed by atoms with Crippen LogP contribution in [-0.2, 0) is 6.42 Å². The van der Waals surface area contributed by atoms with E-state index in [4.69, 9.17) is 0 Å². The Kier molecular flexibility index (Phi) is 2.17. The van der Waals surface area contributed by atoms with Crippen molar-refractivity contribution in [1.82, 2.24) is 0 Å². The molecule has 0 saturated heterocycles. The largest absolute Gasteiger partial charge is 0.385 e. The molecule has 0 unspecified atom stereocenters. The number of fused-ring (bicyclic) bond motifs is 3. The first kappa shape index (κ1) is 9.46.